The molecule has 0 atom stereocenters. The third-order valence-corrected chi connectivity index (χ3v) is 4.12. The normalized spacial score (nSPS) is 10.7. The third-order valence-electron chi connectivity index (χ3n) is 4.12. The summed E-state index contributed by atoms with van der Waals surface area (Å²) < 4.78 is 9.07. The van der Waals surface area contributed by atoms with Gasteiger partial charge >= 0.3 is 0 Å². The second-order valence-electron chi connectivity index (χ2n) is 6.08. The molecule has 0 bridgehead atoms. The van der Waals surface area contributed by atoms with Crippen LogP contribution in [0.2, 0.25) is 0 Å². The van der Waals surface area contributed by atoms with Crippen LogP contribution in [0.25, 0.3) is 17.1 Å². The minimum absolute atomic E-state index is 0.257. The summed E-state index contributed by atoms with van der Waals surface area (Å²) in [7, 11) is 1.77. The summed E-state index contributed by atoms with van der Waals surface area (Å²) in [6.07, 6.45) is 3.25. The predicted molar refractivity (Wildman–Crippen MR) is 103 cm³/mol. The van der Waals surface area contributed by atoms with Gasteiger partial charge in [0.05, 0.1) is 23.8 Å². The van der Waals surface area contributed by atoms with Gasteiger partial charge in [-0.25, -0.2) is 4.68 Å². The first-order valence-corrected chi connectivity index (χ1v) is 8.57. The van der Waals surface area contributed by atoms with Gasteiger partial charge in [-0.15, -0.1) is 0 Å². The average molecular weight is 358 g/mol. The van der Waals surface area contributed by atoms with Crippen molar-refractivity contribution in [1.82, 2.24) is 19.6 Å². The Morgan fingerprint density at radius 2 is 1.67 bits per heavy atom. The van der Waals surface area contributed by atoms with E-state index in [4.69, 9.17) is 4.74 Å². The fourth-order valence-electron chi connectivity index (χ4n) is 2.84. The van der Waals surface area contributed by atoms with Crippen molar-refractivity contribution >= 4 is 0 Å². The molecule has 0 saturated carbocycles. The molecule has 27 heavy (non-hydrogen) atoms. The van der Waals surface area contributed by atoms with E-state index in [1.165, 1.54) is 0 Å². The van der Waals surface area contributed by atoms with E-state index in [1.807, 2.05) is 60.7 Å². The second kappa shape index (κ2) is 7.29. The molecule has 0 spiro atoms. The van der Waals surface area contributed by atoms with E-state index in [0.717, 1.165) is 11.3 Å². The van der Waals surface area contributed by atoms with Crippen molar-refractivity contribution in [1.29, 1.82) is 0 Å². The quantitative estimate of drug-likeness (QED) is 0.550. The van der Waals surface area contributed by atoms with Gasteiger partial charge in [-0.1, -0.05) is 48.5 Å². The first-order valence-electron chi connectivity index (χ1n) is 8.57. The van der Waals surface area contributed by atoms with Gasteiger partial charge in [-0.2, -0.15) is 10.2 Å². The Bertz CT molecular complexity index is 1100. The van der Waals surface area contributed by atoms with Crippen molar-refractivity contribution in [2.45, 2.75) is 6.61 Å². The summed E-state index contributed by atoms with van der Waals surface area (Å²) in [6.45, 7) is 0.317. The highest BCUT2D eigenvalue weighted by atomic mass is 16.5. The van der Waals surface area contributed by atoms with E-state index in [9.17, 15) is 4.79 Å². The van der Waals surface area contributed by atoms with Crippen LogP contribution in [0.4, 0.5) is 0 Å². The van der Waals surface area contributed by atoms with E-state index < -0.39 is 0 Å². The molecule has 0 fully saturated rings. The van der Waals surface area contributed by atoms with Crippen molar-refractivity contribution in [3.8, 4) is 22.8 Å². The molecular weight excluding hydrogens is 340 g/mol. The lowest BCUT2D eigenvalue weighted by atomic mass is 10.2. The molecule has 2 aromatic carbocycles. The summed E-state index contributed by atoms with van der Waals surface area (Å²) in [5.41, 5.74) is 2.50. The molecule has 0 unspecified atom stereocenters. The Morgan fingerprint density at radius 1 is 0.963 bits per heavy atom. The monoisotopic (exact) mass is 358 g/mol. The zero-order valence-corrected chi connectivity index (χ0v) is 14.8. The van der Waals surface area contributed by atoms with Crippen LogP contribution < -0.4 is 10.2 Å². The van der Waals surface area contributed by atoms with Crippen LogP contribution in [-0.4, -0.2) is 19.6 Å². The van der Waals surface area contributed by atoms with Crippen LogP contribution in [-0.2, 0) is 13.7 Å². The Morgan fingerprint density at radius 3 is 2.41 bits per heavy atom. The molecule has 134 valence electrons. The van der Waals surface area contributed by atoms with E-state index >= 15 is 0 Å². The van der Waals surface area contributed by atoms with Gasteiger partial charge in [0.15, 0.2) is 11.4 Å². The number of benzene rings is 2. The molecule has 6 nitrogen and oxygen atoms in total. The Balaban J connectivity index is 1.72. The Kier molecular flexibility index (Phi) is 4.53. The molecule has 2 heterocycles. The van der Waals surface area contributed by atoms with Crippen molar-refractivity contribution in [3.63, 3.8) is 0 Å². The highest BCUT2D eigenvalue weighted by Crippen LogP contribution is 2.19. The van der Waals surface area contributed by atoms with Crippen LogP contribution in [0.3, 0.4) is 0 Å². The topological polar surface area (TPSA) is 61.9 Å². The number of nitrogens with zero attached hydrogens (tertiary/aromatic N) is 4. The summed E-state index contributed by atoms with van der Waals surface area (Å²) in [5.74, 6) is 0.257. The maximum Gasteiger partial charge on any atom is 0.251 e. The number of rotatable bonds is 5. The van der Waals surface area contributed by atoms with Crippen molar-refractivity contribution in [3.05, 3.63) is 94.9 Å². The van der Waals surface area contributed by atoms with Crippen molar-refractivity contribution in [2.75, 3.05) is 0 Å². The number of hydrogen-bond acceptors (Lipinski definition) is 4. The molecule has 0 N–H and O–H groups in total. The summed E-state index contributed by atoms with van der Waals surface area (Å²) >= 11 is 0. The van der Waals surface area contributed by atoms with E-state index in [1.54, 1.807) is 34.9 Å². The van der Waals surface area contributed by atoms with Gasteiger partial charge in [0.1, 0.15) is 6.61 Å². The highest BCUT2D eigenvalue weighted by Gasteiger charge is 2.17. The van der Waals surface area contributed by atoms with Crippen LogP contribution in [0.5, 0.6) is 5.75 Å². The van der Waals surface area contributed by atoms with Crippen LogP contribution in [0.15, 0.2) is 83.9 Å². The maximum atomic E-state index is 13.0. The smallest absolute Gasteiger partial charge is 0.251 e. The molecule has 2 aromatic heterocycles. The second-order valence-corrected chi connectivity index (χ2v) is 6.08. The minimum Gasteiger partial charge on any atom is -0.483 e. The molecule has 4 aromatic rings. The van der Waals surface area contributed by atoms with Crippen LogP contribution in [0, 0.1) is 0 Å². The fraction of sp³-hybridized carbons (Fsp3) is 0.0952. The molecule has 0 amide bonds. The fourth-order valence-corrected chi connectivity index (χ4v) is 2.84. The number of ether oxygens (including phenoxy) is 1. The molecule has 0 saturated heterocycles. The van der Waals surface area contributed by atoms with Gasteiger partial charge in [-0.05, 0) is 23.8 Å². The number of aryl methyl sites for hydroxylation is 1. The van der Waals surface area contributed by atoms with E-state index in [0.29, 0.717) is 18.0 Å². The van der Waals surface area contributed by atoms with Gasteiger partial charge in [0.2, 0.25) is 0 Å². The number of hydrogen-bond donors (Lipinski definition) is 0. The lowest BCUT2D eigenvalue weighted by molar-refractivity contribution is 0.299. The minimum atomic E-state index is -0.262. The first-order chi connectivity index (χ1) is 13.2. The molecule has 0 radical (unpaired) electrons. The molecule has 0 aliphatic rings. The zero-order chi connectivity index (χ0) is 18.6. The molecule has 0 aliphatic heterocycles. The van der Waals surface area contributed by atoms with Gasteiger partial charge in [0.25, 0.3) is 5.43 Å². The largest absolute Gasteiger partial charge is 0.483 e. The average Bonchev–Trinajstić information content (AvgIpc) is 3.19. The van der Waals surface area contributed by atoms with Gasteiger partial charge < -0.3 is 4.74 Å². The SMILES string of the molecule is Cn1cc(OCc2ccccc2)c(=O)c(-c2ccnn2-c2ccccc2)n1. The molecule has 0 aliphatic carbocycles. The number of aromatic nitrogens is 4. The van der Waals surface area contributed by atoms with Crippen LogP contribution >= 0.6 is 0 Å². The Hall–Kier alpha value is -3.67. The maximum absolute atomic E-state index is 13.0. The van der Waals surface area contributed by atoms with E-state index in [-0.39, 0.29) is 11.2 Å². The zero-order valence-electron chi connectivity index (χ0n) is 14.8. The standard InChI is InChI=1S/C21H18N4O2/c1-24-14-19(27-15-16-8-4-2-5-9-16)21(26)20(23-24)18-12-13-22-25(18)17-10-6-3-7-11-17/h2-14H,15H2,1H3. The highest BCUT2D eigenvalue weighted by molar-refractivity contribution is 5.58. The summed E-state index contributed by atoms with van der Waals surface area (Å²) in [6, 6.07) is 21.1. The van der Waals surface area contributed by atoms with Crippen molar-refractivity contribution < 1.29 is 4.74 Å². The molecular formula is C21H18N4O2. The van der Waals surface area contributed by atoms with Gasteiger partial charge in [0, 0.05) is 7.05 Å². The number of para-hydroxylation sites is 1. The lowest BCUT2D eigenvalue weighted by Gasteiger charge is -2.11. The van der Waals surface area contributed by atoms with Gasteiger partial charge in [-0.3, -0.25) is 9.48 Å². The van der Waals surface area contributed by atoms with Crippen LogP contribution in [0.1, 0.15) is 5.56 Å². The van der Waals surface area contributed by atoms with Crippen molar-refractivity contribution in [2.24, 2.45) is 7.05 Å². The van der Waals surface area contributed by atoms with E-state index in [2.05, 4.69) is 10.2 Å². The summed E-state index contributed by atoms with van der Waals surface area (Å²) in [5, 5.41) is 8.72. The summed E-state index contributed by atoms with van der Waals surface area (Å²) in [4.78, 5) is 13.0. The lowest BCUT2D eigenvalue weighted by Crippen LogP contribution is -2.18. The molecule has 6 heteroatoms. The third kappa shape index (κ3) is 3.50. The first kappa shape index (κ1) is 16.8. The Labute approximate surface area is 156 Å². The molecule has 4 rings (SSSR count). The predicted octanol–water partition coefficient (Wildman–Crippen LogP) is 3.21.